The van der Waals surface area contributed by atoms with Crippen LogP contribution in [-0.4, -0.2) is 254 Å². The predicted octanol–water partition coefficient (Wildman–Crippen LogP) is -0.382. The van der Waals surface area contributed by atoms with Crippen LogP contribution in [0.15, 0.2) is 23.0 Å². The first kappa shape index (κ1) is 79.6. The maximum absolute atomic E-state index is 12.2. The molecule has 25 atom stereocenters. The molecule has 496 valence electrons. The van der Waals surface area contributed by atoms with Crippen molar-refractivity contribution >= 4 is 11.7 Å². The standard InChI is InChI=1S/C34H61NO11.C26H52O12/c1-9-23(36)13-24(37)14-25(38)20(5)32(44)21(6)26(39)15-27(40)22(7)33(45)28(41)12-18(3)10-17(2)11-19(4)31(43)30-29(42)16-35(8)34(30)46;1-3-4-5-6-7-8-9-10-11-16(28)14-26(37)25(36)24(35)22(33)19(38-26)13-18(30)21(32)23(34)20(31)17(29)12-15(2)27/h11,17-18,20-28,32-33,36-41,43-45H,9-10,12-16H2,1-8H3;15-25,27-37H,3-14H2,1-2H3/b19-11+,31-30+;/t;15?,16?,17?,18?,19?,20?,21?,22-,23?,24+,25+,26+/m.1/s1. The van der Waals surface area contributed by atoms with Crippen LogP contribution in [0.25, 0.3) is 0 Å². The summed E-state index contributed by atoms with van der Waals surface area (Å²) in [5, 5.41) is 207. The molecular weight excluding hydrogens is 1100 g/mol. The fraction of sp³-hybridized carbons (Fsp3) is 0.900. The minimum atomic E-state index is -2.46. The number of unbranched alkanes of at least 4 members (excludes halogenated alkanes) is 7. The number of carbonyl (C=O) groups is 2. The van der Waals surface area contributed by atoms with Gasteiger partial charge < -0.3 is 112 Å². The van der Waals surface area contributed by atoms with E-state index in [0.717, 1.165) is 25.7 Å². The lowest BCUT2D eigenvalue weighted by atomic mass is 9.80. The van der Waals surface area contributed by atoms with Gasteiger partial charge in [0.25, 0.3) is 5.91 Å². The van der Waals surface area contributed by atoms with Crippen molar-refractivity contribution in [3.8, 4) is 0 Å². The number of rotatable bonds is 39. The van der Waals surface area contributed by atoms with Crippen molar-refractivity contribution in [2.75, 3.05) is 13.6 Å². The molecular formula is C60H113NO23. The van der Waals surface area contributed by atoms with Crippen molar-refractivity contribution in [2.45, 2.75) is 300 Å². The zero-order chi connectivity index (χ0) is 64.7. The van der Waals surface area contributed by atoms with E-state index in [1.165, 1.54) is 38.1 Å². The summed E-state index contributed by atoms with van der Waals surface area (Å²) in [6.07, 6.45) is -17.3. The number of hydrogen-bond acceptors (Lipinski definition) is 23. The molecule has 2 aliphatic rings. The molecule has 2 saturated heterocycles. The Morgan fingerprint density at radius 1 is 0.583 bits per heavy atom. The average Bonchev–Trinajstić information content (AvgIpc) is 3.85. The van der Waals surface area contributed by atoms with Crippen molar-refractivity contribution in [1.29, 1.82) is 0 Å². The molecule has 2 rings (SSSR count). The average molecular weight is 1220 g/mol. The van der Waals surface area contributed by atoms with Crippen LogP contribution in [0.3, 0.4) is 0 Å². The summed E-state index contributed by atoms with van der Waals surface area (Å²) in [5.74, 6) is -6.21. The minimum absolute atomic E-state index is 0.0464. The third-order valence-corrected chi connectivity index (χ3v) is 17.0. The Morgan fingerprint density at radius 3 is 1.60 bits per heavy atom. The zero-order valence-corrected chi connectivity index (χ0v) is 51.5. The molecule has 1 amide bonds. The van der Waals surface area contributed by atoms with Gasteiger partial charge >= 0.3 is 0 Å². The smallest absolute Gasteiger partial charge is 0.261 e. The number of Topliss-reactive ketones (excluding diaryl/α,β-unsaturated/α-hetero) is 1. The van der Waals surface area contributed by atoms with Crippen molar-refractivity contribution in [1.82, 2.24) is 4.90 Å². The molecule has 0 aliphatic carbocycles. The van der Waals surface area contributed by atoms with Crippen molar-refractivity contribution in [3.63, 3.8) is 0 Å². The SMILES string of the molecule is CCC(O)CC(O)CC(O)C(C)C(O)C(C)C(O)CC(O)C(C)C(O)C(O)CC(C)CC(C)/C=C(C)/C(O)=C1/C(=O)CN(C)C1=O.CCCCCCCCCCC(O)C[C@]1(O)OC(CC(O)C(O)C(O)C(O)C(O)CC(C)O)[C@@H](O)[C@H](O)[C@@H]1O. The van der Waals surface area contributed by atoms with Gasteiger partial charge in [0.15, 0.2) is 11.6 Å². The van der Waals surface area contributed by atoms with Gasteiger partial charge in [-0.2, -0.15) is 0 Å². The minimum Gasteiger partial charge on any atom is -0.507 e. The Morgan fingerprint density at radius 2 is 1.08 bits per heavy atom. The normalized spacial score (nSPS) is 27.7. The number of ketones is 1. The maximum Gasteiger partial charge on any atom is 0.261 e. The Kier molecular flexibility index (Phi) is 36.9. The van der Waals surface area contributed by atoms with E-state index in [2.05, 4.69) is 6.92 Å². The highest BCUT2D eigenvalue weighted by Crippen LogP contribution is 2.36. The van der Waals surface area contributed by atoms with Gasteiger partial charge in [-0.15, -0.1) is 0 Å². The van der Waals surface area contributed by atoms with E-state index in [1.54, 1.807) is 40.7 Å². The molecule has 24 heteroatoms. The lowest BCUT2D eigenvalue weighted by Crippen LogP contribution is -2.65. The number of allylic oxidation sites excluding steroid dienone is 2. The number of aliphatic hydroxyl groups excluding tert-OH is 19. The molecule has 0 saturated carbocycles. The molecule has 21 unspecified atom stereocenters. The van der Waals surface area contributed by atoms with Crippen LogP contribution in [0.2, 0.25) is 0 Å². The predicted molar refractivity (Wildman–Crippen MR) is 310 cm³/mol. The van der Waals surface area contributed by atoms with Gasteiger partial charge in [0.05, 0.1) is 85.9 Å². The molecule has 20 N–H and O–H groups in total. The molecule has 0 radical (unpaired) electrons. The summed E-state index contributed by atoms with van der Waals surface area (Å²) in [6.45, 7) is 15.3. The van der Waals surface area contributed by atoms with Gasteiger partial charge in [-0.3, -0.25) is 9.59 Å². The highest BCUT2D eigenvalue weighted by Gasteiger charge is 2.54. The molecule has 0 aromatic heterocycles. The molecule has 2 aliphatic heterocycles. The van der Waals surface area contributed by atoms with Crippen molar-refractivity contribution < 1.29 is 116 Å². The van der Waals surface area contributed by atoms with E-state index < -0.39 is 164 Å². The fourth-order valence-electron chi connectivity index (χ4n) is 11.1. The number of aliphatic hydroxyl groups is 20. The van der Waals surface area contributed by atoms with Crippen LogP contribution in [0.1, 0.15) is 178 Å². The highest BCUT2D eigenvalue weighted by molar-refractivity contribution is 6.25. The maximum atomic E-state index is 12.2. The Labute approximate surface area is 497 Å². The number of nitrogens with zero attached hydrogens (tertiary/aromatic N) is 1. The Hall–Kier alpha value is -2.38. The van der Waals surface area contributed by atoms with Gasteiger partial charge in [0.1, 0.15) is 48.0 Å². The number of amides is 1. The summed E-state index contributed by atoms with van der Waals surface area (Å²) < 4.78 is 5.42. The first-order valence-electron chi connectivity index (χ1n) is 30.5. The number of carbonyl (C=O) groups excluding carboxylic acids is 2. The third-order valence-electron chi connectivity index (χ3n) is 17.0. The van der Waals surface area contributed by atoms with E-state index >= 15 is 0 Å². The lowest BCUT2D eigenvalue weighted by Gasteiger charge is -2.47. The van der Waals surface area contributed by atoms with E-state index in [0.29, 0.717) is 31.3 Å². The first-order valence-corrected chi connectivity index (χ1v) is 30.5. The monoisotopic (exact) mass is 1220 g/mol. The first-order chi connectivity index (χ1) is 39.0. The van der Waals surface area contributed by atoms with E-state index in [9.17, 15) is 112 Å². The van der Waals surface area contributed by atoms with Crippen LogP contribution in [-0.2, 0) is 14.3 Å². The highest BCUT2D eigenvalue weighted by atomic mass is 16.7. The van der Waals surface area contributed by atoms with Crippen LogP contribution in [0, 0.1) is 29.6 Å². The van der Waals surface area contributed by atoms with E-state index in [1.807, 2.05) is 13.8 Å². The largest absolute Gasteiger partial charge is 0.507 e. The number of hydrogen-bond donors (Lipinski definition) is 20. The van der Waals surface area contributed by atoms with Crippen molar-refractivity contribution in [2.24, 2.45) is 29.6 Å². The fourth-order valence-corrected chi connectivity index (χ4v) is 11.1. The second-order valence-electron chi connectivity index (χ2n) is 24.9. The molecule has 2 heterocycles. The second-order valence-corrected chi connectivity index (χ2v) is 24.9. The second kappa shape index (κ2) is 38.9. The summed E-state index contributed by atoms with van der Waals surface area (Å²) in [4.78, 5) is 25.5. The quantitative estimate of drug-likeness (QED) is 0.0161. The topological polar surface area (TPSA) is 451 Å². The van der Waals surface area contributed by atoms with Gasteiger partial charge in [-0.05, 0) is 76.2 Å². The number of ether oxygens (including phenoxy) is 1. The van der Waals surface area contributed by atoms with Crippen LogP contribution in [0.5, 0.6) is 0 Å². The zero-order valence-electron chi connectivity index (χ0n) is 51.5. The van der Waals surface area contributed by atoms with E-state index in [-0.39, 0.29) is 61.8 Å². The number of likely N-dealkylation sites (N-methyl/N-ethyl adjacent to an activating group) is 1. The molecule has 0 aromatic carbocycles. The molecule has 0 bridgehead atoms. The molecule has 2 fully saturated rings. The summed E-state index contributed by atoms with van der Waals surface area (Å²) in [6, 6.07) is 0. The van der Waals surface area contributed by atoms with E-state index in [4.69, 9.17) is 4.74 Å². The molecule has 84 heavy (non-hydrogen) atoms. The van der Waals surface area contributed by atoms with Gasteiger partial charge in [0.2, 0.25) is 0 Å². The lowest BCUT2D eigenvalue weighted by molar-refractivity contribution is -0.356. The Balaban J connectivity index is 0.000000855. The molecule has 0 aromatic rings. The molecule has 24 nitrogen and oxygen atoms in total. The van der Waals surface area contributed by atoms with Crippen LogP contribution < -0.4 is 0 Å². The van der Waals surface area contributed by atoms with Crippen LogP contribution in [0.4, 0.5) is 0 Å². The third kappa shape index (κ3) is 26.0. The van der Waals surface area contributed by atoms with Crippen molar-refractivity contribution in [3.05, 3.63) is 23.0 Å². The number of likely N-dealkylation sites (tertiary alicyclic amines) is 1. The van der Waals surface area contributed by atoms with Gasteiger partial charge in [0, 0.05) is 44.1 Å². The Bertz CT molecular complexity index is 1910. The van der Waals surface area contributed by atoms with Crippen LogP contribution >= 0.6 is 0 Å². The summed E-state index contributed by atoms with van der Waals surface area (Å²) in [5.41, 5.74) is 0.179. The van der Waals surface area contributed by atoms with Gasteiger partial charge in [-0.25, -0.2) is 0 Å². The molecule has 0 spiro atoms. The van der Waals surface area contributed by atoms with Gasteiger partial charge in [-0.1, -0.05) is 106 Å². The summed E-state index contributed by atoms with van der Waals surface area (Å²) in [7, 11) is 1.49. The summed E-state index contributed by atoms with van der Waals surface area (Å²) >= 11 is 0.